The summed E-state index contributed by atoms with van der Waals surface area (Å²) in [6.45, 7) is 15.2. The van der Waals surface area contributed by atoms with Crippen LogP contribution in [0.5, 0.6) is 11.5 Å². The molecule has 4 rings (SSSR count). The smallest absolute Gasteiger partial charge is 0.203 e. The average molecular weight is 595 g/mol. The highest BCUT2D eigenvalue weighted by atomic mass is 79.9. The Labute approximate surface area is 241 Å². The maximum atomic E-state index is 13.8. The third-order valence-electron chi connectivity index (χ3n) is 6.93. The molecule has 2 N–H and O–H groups in total. The fraction of sp³-hybridized carbons (Fsp3) is 0.375. The number of phenols is 1. The van der Waals surface area contributed by atoms with Crippen LogP contribution in [0.4, 0.5) is 0 Å². The SMILES string of the molecule is Br.CCOc1ccccc1Cn1c(=N)n(CC(=O)c2cc(C(C)(C)C)c(O)c(C(C)(C)C)c2)c2ccccc21. The number of ketones is 1. The van der Waals surface area contributed by atoms with Gasteiger partial charge in [0.1, 0.15) is 11.5 Å². The summed E-state index contributed by atoms with van der Waals surface area (Å²) in [6, 6.07) is 19.3. The number of fused-ring (bicyclic) bond motifs is 1. The Hall–Kier alpha value is -3.32. The zero-order chi connectivity index (χ0) is 27.8. The van der Waals surface area contributed by atoms with Crippen molar-refractivity contribution in [3.05, 3.63) is 88.5 Å². The zero-order valence-electron chi connectivity index (χ0n) is 24.0. The molecule has 208 valence electrons. The van der Waals surface area contributed by atoms with Crippen molar-refractivity contribution in [3.8, 4) is 11.5 Å². The Morgan fingerprint density at radius 3 is 1.92 bits per heavy atom. The molecule has 0 atom stereocenters. The van der Waals surface area contributed by atoms with Gasteiger partial charge in [-0.2, -0.15) is 0 Å². The van der Waals surface area contributed by atoms with E-state index in [4.69, 9.17) is 10.1 Å². The van der Waals surface area contributed by atoms with Crippen molar-refractivity contribution in [1.29, 1.82) is 5.41 Å². The molecule has 1 aromatic heterocycles. The van der Waals surface area contributed by atoms with Gasteiger partial charge in [-0.05, 0) is 48.1 Å². The third kappa shape index (κ3) is 6.14. The normalized spacial score (nSPS) is 11.9. The van der Waals surface area contributed by atoms with E-state index >= 15 is 0 Å². The van der Waals surface area contributed by atoms with Crippen LogP contribution in [0.1, 0.15) is 75.5 Å². The van der Waals surface area contributed by atoms with Crippen molar-refractivity contribution in [2.24, 2.45) is 0 Å². The standard InChI is InChI=1S/C32H39N3O3.BrH/c1-8-38-28-16-12-9-13-21(28)19-34-25-14-10-11-15-26(25)35(30(34)33)20-27(36)22-17-23(31(2,3)4)29(37)24(18-22)32(5,6)7;/h9-18,33,37H,8,19-20H2,1-7H3;1H. The van der Waals surface area contributed by atoms with Crippen LogP contribution in [0.3, 0.4) is 0 Å². The van der Waals surface area contributed by atoms with Crippen molar-refractivity contribution in [1.82, 2.24) is 9.13 Å². The molecule has 0 radical (unpaired) electrons. The predicted molar refractivity (Wildman–Crippen MR) is 163 cm³/mol. The minimum absolute atomic E-state index is 0. The second-order valence-electron chi connectivity index (χ2n) is 11.9. The first kappa shape index (κ1) is 30.2. The van der Waals surface area contributed by atoms with Gasteiger partial charge in [0.15, 0.2) is 5.78 Å². The highest BCUT2D eigenvalue weighted by molar-refractivity contribution is 8.93. The molecule has 0 saturated carbocycles. The first-order valence-electron chi connectivity index (χ1n) is 13.2. The monoisotopic (exact) mass is 593 g/mol. The minimum Gasteiger partial charge on any atom is -0.507 e. The van der Waals surface area contributed by atoms with E-state index < -0.39 is 0 Å². The number of benzene rings is 3. The van der Waals surface area contributed by atoms with E-state index in [-0.39, 0.29) is 51.5 Å². The van der Waals surface area contributed by atoms with Crippen molar-refractivity contribution in [3.63, 3.8) is 0 Å². The van der Waals surface area contributed by atoms with E-state index in [2.05, 4.69) is 0 Å². The van der Waals surface area contributed by atoms with Gasteiger partial charge < -0.3 is 19.0 Å². The maximum Gasteiger partial charge on any atom is 0.203 e. The lowest BCUT2D eigenvalue weighted by atomic mass is 9.78. The number of phenolic OH excluding ortho intramolecular Hbond substituents is 1. The van der Waals surface area contributed by atoms with E-state index in [1.54, 1.807) is 4.57 Å². The Morgan fingerprint density at radius 2 is 1.38 bits per heavy atom. The molecule has 0 fully saturated rings. The average Bonchev–Trinajstić information content (AvgIpc) is 3.10. The van der Waals surface area contributed by atoms with Gasteiger partial charge >= 0.3 is 0 Å². The van der Waals surface area contributed by atoms with E-state index in [0.717, 1.165) is 33.5 Å². The molecule has 0 aliphatic rings. The molecule has 7 heteroatoms. The molecule has 0 saturated heterocycles. The lowest BCUT2D eigenvalue weighted by Crippen LogP contribution is -2.28. The summed E-state index contributed by atoms with van der Waals surface area (Å²) in [5, 5.41) is 20.1. The molecule has 3 aromatic carbocycles. The fourth-order valence-electron chi connectivity index (χ4n) is 4.89. The number of ether oxygens (including phenoxy) is 1. The second-order valence-corrected chi connectivity index (χ2v) is 11.9. The van der Waals surface area contributed by atoms with Crippen molar-refractivity contribution in [2.75, 3.05) is 6.61 Å². The predicted octanol–water partition coefficient (Wildman–Crippen LogP) is 7.13. The number of Topliss-reactive ketones (excluding diaryl/α,β-unsaturated/α-hetero) is 1. The number of carbonyl (C=O) groups excluding carboxylic acids is 1. The molecule has 4 aromatic rings. The Bertz CT molecular complexity index is 1520. The number of para-hydroxylation sites is 3. The van der Waals surface area contributed by atoms with Gasteiger partial charge in [0.05, 0.1) is 30.7 Å². The summed E-state index contributed by atoms with van der Waals surface area (Å²) in [5.41, 5.74) is 4.30. The maximum absolute atomic E-state index is 13.8. The molecule has 0 unspecified atom stereocenters. The number of hydrogen-bond acceptors (Lipinski definition) is 4. The molecule has 1 heterocycles. The summed E-state index contributed by atoms with van der Waals surface area (Å²) in [5.74, 6) is 0.945. The topological polar surface area (TPSA) is 80.2 Å². The Morgan fingerprint density at radius 1 is 0.872 bits per heavy atom. The second kappa shape index (κ2) is 11.4. The molecule has 0 amide bonds. The number of nitrogens with zero attached hydrogens (tertiary/aromatic N) is 2. The number of aromatic nitrogens is 2. The number of hydrogen-bond donors (Lipinski definition) is 2. The number of aromatic hydroxyl groups is 1. The summed E-state index contributed by atoms with van der Waals surface area (Å²) >= 11 is 0. The molecule has 39 heavy (non-hydrogen) atoms. The number of imidazole rings is 1. The van der Waals surface area contributed by atoms with E-state index in [0.29, 0.717) is 18.7 Å². The van der Waals surface area contributed by atoms with Crippen LogP contribution in [0, 0.1) is 5.41 Å². The van der Waals surface area contributed by atoms with Gasteiger partial charge in [-0.25, -0.2) is 0 Å². The van der Waals surface area contributed by atoms with Crippen molar-refractivity contribution < 1.29 is 14.6 Å². The van der Waals surface area contributed by atoms with Gasteiger partial charge in [-0.15, -0.1) is 17.0 Å². The first-order chi connectivity index (χ1) is 17.8. The quantitative estimate of drug-likeness (QED) is 0.224. The molecule has 6 nitrogen and oxygen atoms in total. The lowest BCUT2D eigenvalue weighted by molar-refractivity contribution is 0.0971. The molecular formula is C32H40BrN3O3. The van der Waals surface area contributed by atoms with Crippen LogP contribution in [-0.4, -0.2) is 26.6 Å². The van der Waals surface area contributed by atoms with Crippen LogP contribution in [0.2, 0.25) is 0 Å². The zero-order valence-corrected chi connectivity index (χ0v) is 25.7. The van der Waals surface area contributed by atoms with E-state index in [1.165, 1.54) is 0 Å². The summed E-state index contributed by atoms with van der Waals surface area (Å²) < 4.78 is 9.50. The van der Waals surface area contributed by atoms with Gasteiger partial charge in [-0.1, -0.05) is 71.9 Å². The molecule has 0 spiro atoms. The van der Waals surface area contributed by atoms with Crippen molar-refractivity contribution >= 4 is 33.8 Å². The number of rotatable bonds is 7. The summed E-state index contributed by atoms with van der Waals surface area (Å²) in [4.78, 5) is 13.8. The third-order valence-corrected chi connectivity index (χ3v) is 6.93. The van der Waals surface area contributed by atoms with Crippen LogP contribution >= 0.6 is 17.0 Å². The number of carbonyl (C=O) groups is 1. The van der Waals surface area contributed by atoms with Gasteiger partial charge in [0, 0.05) is 22.3 Å². The molecule has 0 aliphatic carbocycles. The van der Waals surface area contributed by atoms with Crippen LogP contribution in [0.15, 0.2) is 60.7 Å². The van der Waals surface area contributed by atoms with Gasteiger partial charge in [-0.3, -0.25) is 10.2 Å². The fourth-order valence-corrected chi connectivity index (χ4v) is 4.89. The largest absolute Gasteiger partial charge is 0.507 e. The molecule has 0 aliphatic heterocycles. The number of halogens is 1. The van der Waals surface area contributed by atoms with Crippen LogP contribution in [-0.2, 0) is 23.9 Å². The number of nitrogens with one attached hydrogen (secondary N) is 1. The van der Waals surface area contributed by atoms with Crippen molar-refractivity contribution in [2.45, 2.75) is 72.4 Å². The molecular weight excluding hydrogens is 554 g/mol. The summed E-state index contributed by atoms with van der Waals surface area (Å²) in [6.07, 6.45) is 0. The summed E-state index contributed by atoms with van der Waals surface area (Å²) in [7, 11) is 0. The Kier molecular flexibility index (Phi) is 8.85. The molecule has 0 bridgehead atoms. The van der Waals surface area contributed by atoms with Crippen LogP contribution in [0.25, 0.3) is 11.0 Å². The lowest BCUT2D eigenvalue weighted by Gasteiger charge is -2.28. The first-order valence-corrected chi connectivity index (χ1v) is 13.2. The van der Waals surface area contributed by atoms with E-state index in [9.17, 15) is 9.90 Å². The van der Waals surface area contributed by atoms with Gasteiger partial charge in [0.2, 0.25) is 5.62 Å². The van der Waals surface area contributed by atoms with E-state index in [1.807, 2.05) is 114 Å². The highest BCUT2D eigenvalue weighted by Gasteiger charge is 2.28. The Balaban J connectivity index is 0.00000420. The minimum atomic E-state index is -0.335. The van der Waals surface area contributed by atoms with Crippen LogP contribution < -0.4 is 10.4 Å². The highest BCUT2D eigenvalue weighted by Crippen LogP contribution is 2.40. The van der Waals surface area contributed by atoms with Gasteiger partial charge in [0.25, 0.3) is 0 Å².